The summed E-state index contributed by atoms with van der Waals surface area (Å²) in [5.74, 6) is -0.136. The maximum absolute atomic E-state index is 11.5. The molecule has 0 bridgehead atoms. The van der Waals surface area contributed by atoms with E-state index in [4.69, 9.17) is 23.2 Å². The van der Waals surface area contributed by atoms with Crippen molar-refractivity contribution in [2.75, 3.05) is 0 Å². The largest absolute Gasteiger partial charge is 0.348 e. The van der Waals surface area contributed by atoms with Gasteiger partial charge in [0.2, 0.25) is 5.91 Å². The van der Waals surface area contributed by atoms with Gasteiger partial charge in [-0.3, -0.25) is 4.79 Å². The van der Waals surface area contributed by atoms with Crippen LogP contribution in [0.15, 0.2) is 24.3 Å². The summed E-state index contributed by atoms with van der Waals surface area (Å²) >= 11 is 11.7. The van der Waals surface area contributed by atoms with Crippen molar-refractivity contribution in [1.29, 1.82) is 0 Å². The van der Waals surface area contributed by atoms with Gasteiger partial charge in [0.25, 0.3) is 0 Å². The number of halogens is 2. The van der Waals surface area contributed by atoms with Gasteiger partial charge in [-0.05, 0) is 44.5 Å². The van der Waals surface area contributed by atoms with E-state index in [2.05, 4.69) is 5.32 Å². The van der Waals surface area contributed by atoms with Gasteiger partial charge >= 0.3 is 0 Å². The number of carbonyl (C=O) groups is 1. The second-order valence-electron chi connectivity index (χ2n) is 4.75. The smallest absolute Gasteiger partial charge is 0.244 e. The Morgan fingerprint density at radius 1 is 1.24 bits per heavy atom. The molecule has 92 valence electrons. The average Bonchev–Trinajstić information content (AvgIpc) is 2.17. The molecular formula is C13H15Cl2NO. The van der Waals surface area contributed by atoms with E-state index in [0.717, 1.165) is 5.56 Å². The highest BCUT2D eigenvalue weighted by atomic mass is 35.5. The van der Waals surface area contributed by atoms with Crippen molar-refractivity contribution >= 4 is 35.2 Å². The zero-order valence-corrected chi connectivity index (χ0v) is 11.6. The lowest BCUT2D eigenvalue weighted by Gasteiger charge is -2.18. The molecule has 0 aliphatic heterocycles. The Balaban J connectivity index is 2.71. The van der Waals surface area contributed by atoms with Crippen LogP contribution >= 0.6 is 23.2 Å². The zero-order chi connectivity index (χ0) is 13.1. The minimum Gasteiger partial charge on any atom is -0.348 e. The van der Waals surface area contributed by atoms with Crippen LogP contribution in [-0.4, -0.2) is 11.4 Å². The lowest BCUT2D eigenvalue weighted by atomic mass is 10.1. The van der Waals surface area contributed by atoms with Crippen molar-refractivity contribution in [1.82, 2.24) is 5.32 Å². The number of amides is 1. The molecule has 4 heteroatoms. The molecule has 0 unspecified atom stereocenters. The van der Waals surface area contributed by atoms with Crippen LogP contribution in [0.1, 0.15) is 26.3 Å². The molecule has 0 aliphatic carbocycles. The standard InChI is InChI=1S/C13H15Cl2NO/c1-13(2,3)16-12(17)7-5-9-4-6-10(14)11(15)8-9/h4-8H,1-3H3,(H,16,17). The number of carbonyl (C=O) groups excluding carboxylic acids is 1. The summed E-state index contributed by atoms with van der Waals surface area (Å²) < 4.78 is 0. The van der Waals surface area contributed by atoms with Gasteiger partial charge in [-0.2, -0.15) is 0 Å². The number of hydrogen-bond donors (Lipinski definition) is 1. The van der Waals surface area contributed by atoms with Crippen molar-refractivity contribution in [3.63, 3.8) is 0 Å². The maximum atomic E-state index is 11.5. The lowest BCUT2D eigenvalue weighted by molar-refractivity contribution is -0.117. The molecule has 1 N–H and O–H groups in total. The SMILES string of the molecule is CC(C)(C)NC(=O)C=Cc1ccc(Cl)c(Cl)c1. The van der Waals surface area contributed by atoms with Crippen LogP contribution < -0.4 is 5.32 Å². The first-order chi connectivity index (χ1) is 7.78. The fourth-order valence-corrected chi connectivity index (χ4v) is 1.51. The van der Waals surface area contributed by atoms with E-state index in [9.17, 15) is 4.79 Å². The molecule has 1 aromatic rings. The van der Waals surface area contributed by atoms with Crippen LogP contribution in [-0.2, 0) is 4.79 Å². The van der Waals surface area contributed by atoms with Crippen molar-refractivity contribution < 1.29 is 4.79 Å². The predicted octanol–water partition coefficient (Wildman–Crippen LogP) is 3.92. The lowest BCUT2D eigenvalue weighted by Crippen LogP contribution is -2.39. The number of rotatable bonds is 2. The Morgan fingerprint density at radius 3 is 2.41 bits per heavy atom. The van der Waals surface area contributed by atoms with Crippen molar-refractivity contribution in [3.8, 4) is 0 Å². The summed E-state index contributed by atoms with van der Waals surface area (Å²) in [5, 5.41) is 3.81. The third kappa shape index (κ3) is 5.24. The van der Waals surface area contributed by atoms with Gasteiger partial charge in [0, 0.05) is 11.6 Å². The summed E-state index contributed by atoms with van der Waals surface area (Å²) in [6.07, 6.45) is 3.17. The Hall–Kier alpha value is -0.990. The van der Waals surface area contributed by atoms with Gasteiger partial charge in [-0.1, -0.05) is 29.3 Å². The van der Waals surface area contributed by atoms with Crippen LogP contribution in [0, 0.1) is 0 Å². The van der Waals surface area contributed by atoms with Gasteiger partial charge in [-0.15, -0.1) is 0 Å². The molecule has 0 saturated carbocycles. The highest BCUT2D eigenvalue weighted by Crippen LogP contribution is 2.23. The van der Waals surface area contributed by atoms with E-state index in [0.29, 0.717) is 10.0 Å². The van der Waals surface area contributed by atoms with Crippen LogP contribution in [0.25, 0.3) is 6.08 Å². The Bertz CT molecular complexity index is 447. The molecule has 0 saturated heterocycles. The first kappa shape index (κ1) is 14.1. The third-order valence-electron chi connectivity index (χ3n) is 1.87. The first-order valence-electron chi connectivity index (χ1n) is 5.23. The number of nitrogens with one attached hydrogen (secondary N) is 1. The molecule has 0 heterocycles. The zero-order valence-electron chi connectivity index (χ0n) is 10.1. The fraction of sp³-hybridized carbons (Fsp3) is 0.308. The van der Waals surface area contributed by atoms with Gasteiger partial charge in [0.15, 0.2) is 0 Å². The number of hydrogen-bond acceptors (Lipinski definition) is 1. The molecule has 17 heavy (non-hydrogen) atoms. The van der Waals surface area contributed by atoms with Crippen molar-refractivity contribution in [2.45, 2.75) is 26.3 Å². The summed E-state index contributed by atoms with van der Waals surface area (Å²) in [6, 6.07) is 5.21. The monoisotopic (exact) mass is 271 g/mol. The highest BCUT2D eigenvalue weighted by Gasteiger charge is 2.11. The van der Waals surface area contributed by atoms with Crippen LogP contribution in [0.3, 0.4) is 0 Å². The van der Waals surface area contributed by atoms with E-state index < -0.39 is 0 Å². The highest BCUT2D eigenvalue weighted by molar-refractivity contribution is 6.42. The predicted molar refractivity (Wildman–Crippen MR) is 73.4 cm³/mol. The van der Waals surface area contributed by atoms with Crippen LogP contribution in [0.4, 0.5) is 0 Å². The van der Waals surface area contributed by atoms with Gasteiger partial charge in [0.1, 0.15) is 0 Å². The molecule has 0 radical (unpaired) electrons. The minimum atomic E-state index is -0.237. The topological polar surface area (TPSA) is 29.1 Å². The van der Waals surface area contributed by atoms with Crippen LogP contribution in [0.5, 0.6) is 0 Å². The molecule has 0 aliphatic rings. The molecule has 0 fully saturated rings. The van der Waals surface area contributed by atoms with E-state index in [1.54, 1.807) is 24.3 Å². The molecule has 0 atom stereocenters. The second kappa shape index (κ2) is 5.56. The quantitative estimate of drug-likeness (QED) is 0.812. The van der Waals surface area contributed by atoms with Crippen LogP contribution in [0.2, 0.25) is 10.0 Å². The molecule has 2 nitrogen and oxygen atoms in total. The van der Waals surface area contributed by atoms with Crippen molar-refractivity contribution in [2.24, 2.45) is 0 Å². The fourth-order valence-electron chi connectivity index (χ4n) is 1.20. The Morgan fingerprint density at radius 2 is 1.88 bits per heavy atom. The third-order valence-corrected chi connectivity index (χ3v) is 2.61. The van der Waals surface area contributed by atoms with E-state index >= 15 is 0 Å². The molecule has 1 aromatic carbocycles. The molecular weight excluding hydrogens is 257 g/mol. The van der Waals surface area contributed by atoms with E-state index in [1.165, 1.54) is 6.08 Å². The first-order valence-corrected chi connectivity index (χ1v) is 5.99. The van der Waals surface area contributed by atoms with E-state index in [-0.39, 0.29) is 11.4 Å². The summed E-state index contributed by atoms with van der Waals surface area (Å²) in [4.78, 5) is 11.5. The Labute approximate surface area is 112 Å². The average molecular weight is 272 g/mol. The van der Waals surface area contributed by atoms with Crippen molar-refractivity contribution in [3.05, 3.63) is 39.9 Å². The molecule has 0 aromatic heterocycles. The second-order valence-corrected chi connectivity index (χ2v) is 5.56. The summed E-state index contributed by atoms with van der Waals surface area (Å²) in [7, 11) is 0. The molecule has 1 rings (SSSR count). The molecule has 1 amide bonds. The van der Waals surface area contributed by atoms with E-state index in [1.807, 2.05) is 20.8 Å². The van der Waals surface area contributed by atoms with Gasteiger partial charge in [0.05, 0.1) is 10.0 Å². The van der Waals surface area contributed by atoms with Gasteiger partial charge < -0.3 is 5.32 Å². The Kier molecular flexibility index (Phi) is 4.61. The number of benzene rings is 1. The summed E-state index contributed by atoms with van der Waals surface area (Å²) in [6.45, 7) is 5.79. The minimum absolute atomic E-state index is 0.136. The van der Waals surface area contributed by atoms with Gasteiger partial charge in [-0.25, -0.2) is 0 Å². The maximum Gasteiger partial charge on any atom is 0.244 e. The summed E-state index contributed by atoms with van der Waals surface area (Å²) in [5.41, 5.74) is 0.599. The molecule has 0 spiro atoms. The normalized spacial score (nSPS) is 11.8.